The molecule has 2 heterocycles. The van der Waals surface area contributed by atoms with E-state index in [1.807, 2.05) is 18.2 Å². The molecule has 2 amide bonds. The summed E-state index contributed by atoms with van der Waals surface area (Å²) >= 11 is 0. The summed E-state index contributed by atoms with van der Waals surface area (Å²) in [5, 5.41) is 7.03. The van der Waals surface area contributed by atoms with Crippen molar-refractivity contribution in [1.29, 1.82) is 0 Å². The van der Waals surface area contributed by atoms with Gasteiger partial charge in [0.2, 0.25) is 5.91 Å². The Kier molecular flexibility index (Phi) is 3.54. The number of carbonyl (C=O) groups is 2. The molecular formula is C15H16N4O3. The number of benzene rings is 1. The summed E-state index contributed by atoms with van der Waals surface area (Å²) in [6, 6.07) is 7.33. The first kappa shape index (κ1) is 14.1. The summed E-state index contributed by atoms with van der Waals surface area (Å²) in [6.07, 6.45) is 2.11. The monoisotopic (exact) mass is 300 g/mol. The number of aromatic nitrogens is 2. The Morgan fingerprint density at radius 3 is 3.14 bits per heavy atom. The minimum Gasteiger partial charge on any atom is -0.484 e. The summed E-state index contributed by atoms with van der Waals surface area (Å²) in [5.74, 6) is 0.591. The zero-order valence-corrected chi connectivity index (χ0v) is 12.1. The molecule has 7 nitrogen and oxygen atoms in total. The van der Waals surface area contributed by atoms with Gasteiger partial charge in [-0.2, -0.15) is 5.10 Å². The molecule has 1 aliphatic heterocycles. The van der Waals surface area contributed by atoms with Crippen LogP contribution in [-0.4, -0.2) is 28.2 Å². The SMILES string of the molecule is Cn1ncc2c1NC(=O)CC2c1cccc(OCC(N)=O)c1. The van der Waals surface area contributed by atoms with E-state index in [0.29, 0.717) is 18.0 Å². The molecule has 114 valence electrons. The standard InChI is InChI=1S/C15H16N4O3/c1-19-15-12(7-17-19)11(6-14(21)18-15)9-3-2-4-10(5-9)22-8-13(16)20/h2-5,7,11H,6,8H2,1H3,(H2,16,20)(H,18,21). The summed E-state index contributed by atoms with van der Waals surface area (Å²) in [4.78, 5) is 22.7. The van der Waals surface area contributed by atoms with Crippen LogP contribution in [0.5, 0.6) is 5.75 Å². The second-order valence-electron chi connectivity index (χ2n) is 5.20. The first-order valence-corrected chi connectivity index (χ1v) is 6.87. The van der Waals surface area contributed by atoms with Gasteiger partial charge in [0.1, 0.15) is 11.6 Å². The normalized spacial score (nSPS) is 16.8. The molecule has 0 aliphatic carbocycles. The molecule has 0 saturated heterocycles. The number of ether oxygens (including phenoxy) is 1. The highest BCUT2D eigenvalue weighted by Gasteiger charge is 2.29. The number of nitrogens with zero attached hydrogens (tertiary/aromatic N) is 2. The average Bonchev–Trinajstić information content (AvgIpc) is 2.86. The van der Waals surface area contributed by atoms with E-state index >= 15 is 0 Å². The average molecular weight is 300 g/mol. The number of fused-ring (bicyclic) bond motifs is 1. The smallest absolute Gasteiger partial charge is 0.255 e. The maximum Gasteiger partial charge on any atom is 0.255 e. The van der Waals surface area contributed by atoms with Crippen molar-refractivity contribution in [2.75, 3.05) is 11.9 Å². The van der Waals surface area contributed by atoms with Crippen LogP contribution in [0.2, 0.25) is 0 Å². The number of hydrogen-bond acceptors (Lipinski definition) is 4. The van der Waals surface area contributed by atoms with Gasteiger partial charge in [0.15, 0.2) is 6.61 Å². The number of rotatable bonds is 4. The Bertz CT molecular complexity index is 738. The third-order valence-electron chi connectivity index (χ3n) is 3.63. The fraction of sp³-hybridized carbons (Fsp3) is 0.267. The summed E-state index contributed by atoms with van der Waals surface area (Å²) in [7, 11) is 1.79. The lowest BCUT2D eigenvalue weighted by molar-refractivity contribution is -0.120. The minimum atomic E-state index is -0.531. The van der Waals surface area contributed by atoms with Crippen LogP contribution in [-0.2, 0) is 16.6 Å². The van der Waals surface area contributed by atoms with Gasteiger partial charge >= 0.3 is 0 Å². The van der Waals surface area contributed by atoms with Gasteiger partial charge in [0.05, 0.1) is 6.20 Å². The van der Waals surface area contributed by atoms with Crippen LogP contribution in [0.3, 0.4) is 0 Å². The van der Waals surface area contributed by atoms with Crippen LogP contribution in [0.4, 0.5) is 5.82 Å². The predicted octanol–water partition coefficient (Wildman–Crippen LogP) is 0.758. The Hall–Kier alpha value is -2.83. The van der Waals surface area contributed by atoms with Crippen molar-refractivity contribution in [2.24, 2.45) is 12.8 Å². The van der Waals surface area contributed by atoms with Crippen molar-refractivity contribution in [2.45, 2.75) is 12.3 Å². The van der Waals surface area contributed by atoms with Crippen molar-refractivity contribution in [3.8, 4) is 5.75 Å². The lowest BCUT2D eigenvalue weighted by atomic mass is 9.87. The van der Waals surface area contributed by atoms with Crippen LogP contribution in [0.15, 0.2) is 30.5 Å². The molecule has 3 N–H and O–H groups in total. The van der Waals surface area contributed by atoms with Gasteiger partial charge in [-0.25, -0.2) is 0 Å². The van der Waals surface area contributed by atoms with E-state index < -0.39 is 5.91 Å². The molecule has 3 rings (SSSR count). The zero-order valence-electron chi connectivity index (χ0n) is 12.1. The molecular weight excluding hydrogens is 284 g/mol. The van der Waals surface area contributed by atoms with Crippen molar-refractivity contribution in [1.82, 2.24) is 9.78 Å². The Morgan fingerprint density at radius 2 is 2.36 bits per heavy atom. The molecule has 7 heteroatoms. The third-order valence-corrected chi connectivity index (χ3v) is 3.63. The molecule has 0 bridgehead atoms. The van der Waals surface area contributed by atoms with Crippen LogP contribution >= 0.6 is 0 Å². The molecule has 0 radical (unpaired) electrons. The first-order chi connectivity index (χ1) is 10.5. The number of primary amides is 1. The summed E-state index contributed by atoms with van der Waals surface area (Å²) < 4.78 is 6.97. The molecule has 1 aromatic carbocycles. The van der Waals surface area contributed by atoms with Gasteiger partial charge in [-0.1, -0.05) is 12.1 Å². The number of hydrogen-bond donors (Lipinski definition) is 2. The minimum absolute atomic E-state index is 0.0513. The molecule has 1 aliphatic rings. The van der Waals surface area contributed by atoms with Gasteiger partial charge in [-0.15, -0.1) is 0 Å². The van der Waals surface area contributed by atoms with E-state index in [0.717, 1.165) is 11.1 Å². The lowest BCUT2D eigenvalue weighted by Gasteiger charge is -2.23. The molecule has 1 aromatic heterocycles. The number of nitrogens with one attached hydrogen (secondary N) is 1. The Labute approximate surface area is 127 Å². The fourth-order valence-electron chi connectivity index (χ4n) is 2.61. The predicted molar refractivity (Wildman–Crippen MR) is 79.4 cm³/mol. The fourth-order valence-corrected chi connectivity index (χ4v) is 2.61. The molecule has 1 unspecified atom stereocenters. The highest BCUT2D eigenvalue weighted by Crippen LogP contribution is 2.37. The number of carbonyl (C=O) groups excluding carboxylic acids is 2. The number of aryl methyl sites for hydroxylation is 1. The number of amides is 2. The highest BCUT2D eigenvalue weighted by atomic mass is 16.5. The summed E-state index contributed by atoms with van der Waals surface area (Å²) in [5.41, 5.74) is 6.98. The maximum atomic E-state index is 11.9. The van der Waals surface area contributed by atoms with Crippen LogP contribution in [0.25, 0.3) is 0 Å². The van der Waals surface area contributed by atoms with E-state index in [9.17, 15) is 9.59 Å². The Balaban J connectivity index is 1.92. The van der Waals surface area contributed by atoms with E-state index in [2.05, 4.69) is 10.4 Å². The van der Waals surface area contributed by atoms with Gasteiger partial charge in [0, 0.05) is 24.9 Å². The van der Waals surface area contributed by atoms with Crippen LogP contribution in [0, 0.1) is 0 Å². The molecule has 0 saturated carbocycles. The van der Waals surface area contributed by atoms with Gasteiger partial charge < -0.3 is 15.8 Å². The van der Waals surface area contributed by atoms with E-state index in [1.165, 1.54) is 0 Å². The number of anilines is 1. The maximum absolute atomic E-state index is 11.9. The van der Waals surface area contributed by atoms with Gasteiger partial charge in [-0.05, 0) is 17.7 Å². The van der Waals surface area contributed by atoms with Crippen LogP contribution < -0.4 is 15.8 Å². The molecule has 0 spiro atoms. The molecule has 1 atom stereocenters. The quantitative estimate of drug-likeness (QED) is 0.870. The van der Waals surface area contributed by atoms with Crippen molar-refractivity contribution in [3.05, 3.63) is 41.6 Å². The lowest BCUT2D eigenvalue weighted by Crippen LogP contribution is -2.24. The van der Waals surface area contributed by atoms with E-state index in [1.54, 1.807) is 24.0 Å². The van der Waals surface area contributed by atoms with Crippen LogP contribution in [0.1, 0.15) is 23.5 Å². The molecule has 2 aromatic rings. The highest BCUT2D eigenvalue weighted by molar-refractivity contribution is 5.94. The topological polar surface area (TPSA) is 99.2 Å². The van der Waals surface area contributed by atoms with E-state index in [4.69, 9.17) is 10.5 Å². The van der Waals surface area contributed by atoms with E-state index in [-0.39, 0.29) is 18.4 Å². The van der Waals surface area contributed by atoms with Crippen molar-refractivity contribution < 1.29 is 14.3 Å². The number of nitrogens with two attached hydrogens (primary N) is 1. The zero-order chi connectivity index (χ0) is 15.7. The van der Waals surface area contributed by atoms with Gasteiger partial charge in [0.25, 0.3) is 5.91 Å². The molecule has 0 fully saturated rings. The summed E-state index contributed by atoms with van der Waals surface area (Å²) in [6.45, 7) is -0.174. The Morgan fingerprint density at radius 1 is 1.55 bits per heavy atom. The van der Waals surface area contributed by atoms with Crippen molar-refractivity contribution >= 4 is 17.6 Å². The third kappa shape index (κ3) is 2.65. The first-order valence-electron chi connectivity index (χ1n) is 6.87. The molecule has 22 heavy (non-hydrogen) atoms. The van der Waals surface area contributed by atoms with Gasteiger partial charge in [-0.3, -0.25) is 14.3 Å². The second-order valence-corrected chi connectivity index (χ2v) is 5.20. The largest absolute Gasteiger partial charge is 0.484 e. The second kappa shape index (κ2) is 5.51. The van der Waals surface area contributed by atoms with Crippen molar-refractivity contribution in [3.63, 3.8) is 0 Å².